The van der Waals surface area contributed by atoms with Crippen LogP contribution in [-0.2, 0) is 24.4 Å². The molecule has 0 aliphatic rings. The summed E-state index contributed by atoms with van der Waals surface area (Å²) in [6.07, 6.45) is 0. The number of aromatic nitrogens is 2. The lowest BCUT2D eigenvalue weighted by molar-refractivity contribution is -0.121. The second-order valence-corrected chi connectivity index (χ2v) is 6.30. The van der Waals surface area contributed by atoms with Crippen LogP contribution in [0.15, 0.2) is 52.1 Å². The van der Waals surface area contributed by atoms with Gasteiger partial charge in [0, 0.05) is 13.1 Å². The molecule has 0 aliphatic carbocycles. The minimum atomic E-state index is -0.519. The fourth-order valence-corrected chi connectivity index (χ4v) is 3.02. The van der Waals surface area contributed by atoms with E-state index in [-0.39, 0.29) is 36.9 Å². The van der Waals surface area contributed by atoms with E-state index in [1.165, 1.54) is 10.6 Å². The zero-order valence-corrected chi connectivity index (χ0v) is 15.2. The third-order valence-electron chi connectivity index (χ3n) is 4.46. The Bertz CT molecular complexity index is 1130. The molecule has 27 heavy (non-hydrogen) atoms. The molecule has 1 amide bonds. The Morgan fingerprint density at radius 1 is 1.11 bits per heavy atom. The van der Waals surface area contributed by atoms with Gasteiger partial charge in [-0.3, -0.25) is 18.7 Å². The first-order chi connectivity index (χ1) is 12.9. The minimum absolute atomic E-state index is 0.209. The van der Waals surface area contributed by atoms with Crippen LogP contribution in [0.1, 0.15) is 18.1 Å². The van der Waals surface area contributed by atoms with Crippen molar-refractivity contribution in [2.45, 2.75) is 33.5 Å². The van der Waals surface area contributed by atoms with Gasteiger partial charge in [0.25, 0.3) is 5.56 Å². The molecule has 0 radical (unpaired) electrons. The molecule has 0 fully saturated rings. The summed E-state index contributed by atoms with van der Waals surface area (Å²) in [7, 11) is 0. The fraction of sp³-hybridized carbons (Fsp3) is 0.250. The van der Waals surface area contributed by atoms with E-state index in [9.17, 15) is 18.8 Å². The van der Waals surface area contributed by atoms with Crippen molar-refractivity contribution >= 4 is 16.8 Å². The van der Waals surface area contributed by atoms with Crippen LogP contribution in [0.4, 0.5) is 4.39 Å². The lowest BCUT2D eigenvalue weighted by atomic mass is 10.1. The third kappa shape index (κ3) is 3.67. The van der Waals surface area contributed by atoms with Crippen molar-refractivity contribution in [1.29, 1.82) is 0 Å². The van der Waals surface area contributed by atoms with E-state index in [2.05, 4.69) is 5.32 Å². The number of aryl methyl sites for hydroxylation is 1. The van der Waals surface area contributed by atoms with E-state index >= 15 is 0 Å². The standard InChI is InChI=1S/C20H20FN3O3/c1-3-23-19(26)15-6-4-5-7-17(15)24(20(23)27)12-18(25)22-11-14-8-9-16(21)13(2)10-14/h4-10H,3,11-12H2,1-2H3,(H,22,25). The first kappa shape index (κ1) is 18.6. The zero-order chi connectivity index (χ0) is 19.6. The highest BCUT2D eigenvalue weighted by atomic mass is 19.1. The lowest BCUT2D eigenvalue weighted by Gasteiger charge is -2.13. The number of hydrogen-bond acceptors (Lipinski definition) is 3. The Kier molecular flexibility index (Phi) is 5.21. The quantitative estimate of drug-likeness (QED) is 0.747. The van der Waals surface area contributed by atoms with E-state index in [4.69, 9.17) is 0 Å². The molecular formula is C20H20FN3O3. The number of para-hydroxylation sites is 1. The highest BCUT2D eigenvalue weighted by Gasteiger charge is 2.14. The van der Waals surface area contributed by atoms with Crippen LogP contribution < -0.4 is 16.6 Å². The first-order valence-corrected chi connectivity index (χ1v) is 8.66. The number of fused-ring (bicyclic) bond motifs is 1. The molecule has 0 aliphatic heterocycles. The molecule has 140 valence electrons. The van der Waals surface area contributed by atoms with Crippen molar-refractivity contribution < 1.29 is 9.18 Å². The monoisotopic (exact) mass is 369 g/mol. The van der Waals surface area contributed by atoms with E-state index in [1.54, 1.807) is 50.2 Å². The molecule has 0 spiro atoms. The maximum atomic E-state index is 13.3. The summed E-state index contributed by atoms with van der Waals surface area (Å²) in [5.74, 6) is -0.671. The van der Waals surface area contributed by atoms with E-state index in [1.807, 2.05) is 0 Å². The Labute approximate surface area is 154 Å². The smallest absolute Gasteiger partial charge is 0.331 e. The van der Waals surface area contributed by atoms with Gasteiger partial charge in [0.1, 0.15) is 12.4 Å². The SMILES string of the molecule is CCn1c(=O)c2ccccc2n(CC(=O)NCc2ccc(F)c(C)c2)c1=O. The molecule has 0 atom stereocenters. The van der Waals surface area contributed by atoms with Crippen molar-refractivity contribution in [2.24, 2.45) is 0 Å². The molecule has 6 nitrogen and oxygen atoms in total. The van der Waals surface area contributed by atoms with Crippen LogP contribution in [0.2, 0.25) is 0 Å². The van der Waals surface area contributed by atoms with Crippen molar-refractivity contribution in [3.63, 3.8) is 0 Å². The van der Waals surface area contributed by atoms with Gasteiger partial charge in [-0.2, -0.15) is 0 Å². The predicted octanol–water partition coefficient (Wildman–Crippen LogP) is 1.95. The average Bonchev–Trinajstić information content (AvgIpc) is 2.66. The summed E-state index contributed by atoms with van der Waals surface area (Å²) in [4.78, 5) is 37.4. The van der Waals surface area contributed by atoms with Gasteiger partial charge in [-0.05, 0) is 43.2 Å². The number of amides is 1. The Balaban J connectivity index is 1.87. The molecule has 1 aromatic heterocycles. The Morgan fingerprint density at radius 3 is 2.56 bits per heavy atom. The van der Waals surface area contributed by atoms with Crippen LogP contribution in [-0.4, -0.2) is 15.0 Å². The van der Waals surface area contributed by atoms with Crippen molar-refractivity contribution in [3.05, 3.63) is 80.2 Å². The molecule has 3 rings (SSSR count). The zero-order valence-electron chi connectivity index (χ0n) is 15.2. The molecule has 0 unspecified atom stereocenters. The number of carbonyl (C=O) groups is 1. The lowest BCUT2D eigenvalue weighted by Crippen LogP contribution is -2.42. The van der Waals surface area contributed by atoms with Crippen molar-refractivity contribution in [1.82, 2.24) is 14.5 Å². The molecule has 0 saturated carbocycles. The van der Waals surface area contributed by atoms with Gasteiger partial charge in [-0.25, -0.2) is 9.18 Å². The maximum absolute atomic E-state index is 13.3. The van der Waals surface area contributed by atoms with Crippen LogP contribution in [0.5, 0.6) is 0 Å². The van der Waals surface area contributed by atoms with Gasteiger partial charge in [0.05, 0.1) is 10.9 Å². The van der Waals surface area contributed by atoms with Crippen LogP contribution in [0.25, 0.3) is 10.9 Å². The summed E-state index contributed by atoms with van der Waals surface area (Å²) < 4.78 is 15.7. The molecular weight excluding hydrogens is 349 g/mol. The molecule has 0 saturated heterocycles. The van der Waals surface area contributed by atoms with Gasteiger partial charge in [-0.1, -0.05) is 24.3 Å². The third-order valence-corrected chi connectivity index (χ3v) is 4.46. The van der Waals surface area contributed by atoms with Crippen molar-refractivity contribution in [3.8, 4) is 0 Å². The second kappa shape index (κ2) is 7.57. The number of carbonyl (C=O) groups excluding carboxylic acids is 1. The summed E-state index contributed by atoms with van der Waals surface area (Å²) in [5.41, 5.74) is 0.799. The van der Waals surface area contributed by atoms with Gasteiger partial charge in [0.15, 0.2) is 0 Å². The summed E-state index contributed by atoms with van der Waals surface area (Å²) >= 11 is 0. The normalized spacial score (nSPS) is 10.9. The number of hydrogen-bond donors (Lipinski definition) is 1. The van der Waals surface area contributed by atoms with Crippen LogP contribution in [0.3, 0.4) is 0 Å². The molecule has 1 N–H and O–H groups in total. The molecule has 7 heteroatoms. The average molecular weight is 369 g/mol. The van der Waals surface area contributed by atoms with Gasteiger partial charge >= 0.3 is 5.69 Å². The summed E-state index contributed by atoms with van der Waals surface area (Å²) in [6.45, 7) is 3.60. The highest BCUT2D eigenvalue weighted by Crippen LogP contribution is 2.10. The molecule has 3 aromatic rings. The number of benzene rings is 2. The molecule has 1 heterocycles. The summed E-state index contributed by atoms with van der Waals surface area (Å²) in [5, 5.41) is 3.12. The second-order valence-electron chi connectivity index (χ2n) is 6.30. The molecule has 2 aromatic carbocycles. The predicted molar refractivity (Wildman–Crippen MR) is 101 cm³/mol. The van der Waals surface area contributed by atoms with E-state index < -0.39 is 5.69 Å². The van der Waals surface area contributed by atoms with Crippen molar-refractivity contribution in [2.75, 3.05) is 0 Å². The van der Waals surface area contributed by atoms with E-state index in [0.717, 1.165) is 10.1 Å². The van der Waals surface area contributed by atoms with Gasteiger partial charge in [-0.15, -0.1) is 0 Å². The van der Waals surface area contributed by atoms with Crippen LogP contribution >= 0.6 is 0 Å². The van der Waals surface area contributed by atoms with Crippen LogP contribution in [0, 0.1) is 12.7 Å². The highest BCUT2D eigenvalue weighted by molar-refractivity contribution is 5.81. The topological polar surface area (TPSA) is 73.1 Å². The maximum Gasteiger partial charge on any atom is 0.331 e. The van der Waals surface area contributed by atoms with Gasteiger partial charge < -0.3 is 5.32 Å². The number of nitrogens with zero attached hydrogens (tertiary/aromatic N) is 2. The van der Waals surface area contributed by atoms with Gasteiger partial charge in [0.2, 0.25) is 5.91 Å². The summed E-state index contributed by atoms with van der Waals surface area (Å²) in [6, 6.07) is 11.3. The number of rotatable bonds is 5. The molecule has 0 bridgehead atoms. The largest absolute Gasteiger partial charge is 0.350 e. The fourth-order valence-electron chi connectivity index (χ4n) is 3.02. The van der Waals surface area contributed by atoms with E-state index in [0.29, 0.717) is 16.5 Å². The first-order valence-electron chi connectivity index (χ1n) is 8.66. The number of halogens is 1. The minimum Gasteiger partial charge on any atom is -0.350 e. The Hall–Kier alpha value is -3.22. The Morgan fingerprint density at radius 2 is 1.85 bits per heavy atom. The number of nitrogens with one attached hydrogen (secondary N) is 1.